The number of nitrogens with two attached hydrogens (primary N) is 1. The summed E-state index contributed by atoms with van der Waals surface area (Å²) in [5.41, 5.74) is 9.71. The van der Waals surface area contributed by atoms with Crippen LogP contribution in [0.1, 0.15) is 41.4 Å². The Hall–Kier alpha value is -4.20. The minimum atomic E-state index is -0.391. The van der Waals surface area contributed by atoms with E-state index in [2.05, 4.69) is 20.6 Å². The molecule has 0 aliphatic rings. The minimum absolute atomic E-state index is 0.0893. The van der Waals surface area contributed by atoms with Crippen LogP contribution < -0.4 is 16.4 Å². The van der Waals surface area contributed by atoms with Gasteiger partial charge in [-0.05, 0) is 44.5 Å². The van der Waals surface area contributed by atoms with Crippen molar-refractivity contribution in [1.29, 1.82) is 0 Å². The molecular weight excluding hydrogens is 404 g/mol. The monoisotopic (exact) mass is 428 g/mol. The van der Waals surface area contributed by atoms with Crippen LogP contribution in [0.5, 0.6) is 0 Å². The first-order valence-corrected chi connectivity index (χ1v) is 10.2. The van der Waals surface area contributed by atoms with Gasteiger partial charge in [0, 0.05) is 29.2 Å². The van der Waals surface area contributed by atoms with Gasteiger partial charge >= 0.3 is 6.03 Å². The van der Waals surface area contributed by atoms with Crippen molar-refractivity contribution in [2.45, 2.75) is 26.8 Å². The molecule has 2 amide bonds. The number of carbonyl (C=O) groups is 2. The number of fused-ring (bicyclic) bond motifs is 1. The molecule has 2 aromatic carbocycles. The number of nitrogen functional groups attached to an aromatic ring is 1. The summed E-state index contributed by atoms with van der Waals surface area (Å²) in [4.78, 5) is 34.2. The molecule has 4 N–H and O–H groups in total. The number of nitrogens with one attached hydrogen (secondary N) is 2. The number of amides is 2. The number of hydrogen-bond donors (Lipinski definition) is 3. The van der Waals surface area contributed by atoms with Gasteiger partial charge in [0.25, 0.3) is 0 Å². The summed E-state index contributed by atoms with van der Waals surface area (Å²) in [5, 5.41) is 6.12. The minimum Gasteiger partial charge on any atom is -0.383 e. The molecule has 0 bridgehead atoms. The summed E-state index contributed by atoms with van der Waals surface area (Å²) in [6.45, 7) is 5.92. The van der Waals surface area contributed by atoms with E-state index in [4.69, 9.17) is 5.73 Å². The van der Waals surface area contributed by atoms with Crippen LogP contribution >= 0.6 is 0 Å². The number of carbonyl (C=O) groups excluding carboxylic acids is 2. The van der Waals surface area contributed by atoms with Gasteiger partial charge in [-0.25, -0.2) is 14.8 Å². The maximum absolute atomic E-state index is 13.4. The molecule has 2 aromatic heterocycles. The van der Waals surface area contributed by atoms with Crippen molar-refractivity contribution in [3.8, 4) is 0 Å². The molecule has 0 atom stereocenters. The summed E-state index contributed by atoms with van der Waals surface area (Å²) in [6.07, 6.45) is 3.15. The molecule has 0 radical (unpaired) electrons. The second-order valence-electron chi connectivity index (χ2n) is 7.81. The van der Waals surface area contributed by atoms with Crippen molar-refractivity contribution in [2.75, 3.05) is 16.4 Å². The number of nitrogens with zero attached hydrogens (tertiary/aromatic N) is 3. The molecule has 0 saturated heterocycles. The van der Waals surface area contributed by atoms with Gasteiger partial charge in [-0.3, -0.25) is 4.79 Å². The van der Waals surface area contributed by atoms with Crippen LogP contribution in [-0.2, 0) is 0 Å². The van der Waals surface area contributed by atoms with E-state index < -0.39 is 6.03 Å². The molecule has 0 saturated carbocycles. The Morgan fingerprint density at radius 2 is 1.81 bits per heavy atom. The topological polar surface area (TPSA) is 115 Å². The first-order chi connectivity index (χ1) is 15.3. The molecule has 0 aliphatic heterocycles. The quantitative estimate of drug-likeness (QED) is 0.396. The number of para-hydroxylation sites is 1. The fourth-order valence-electron chi connectivity index (χ4n) is 3.57. The third kappa shape index (κ3) is 4.02. The van der Waals surface area contributed by atoms with Gasteiger partial charge in [0.15, 0.2) is 5.78 Å². The zero-order valence-electron chi connectivity index (χ0n) is 18.1. The number of rotatable bonds is 5. The van der Waals surface area contributed by atoms with Crippen LogP contribution in [0.25, 0.3) is 11.0 Å². The second kappa shape index (κ2) is 8.50. The van der Waals surface area contributed by atoms with Crippen molar-refractivity contribution in [2.24, 2.45) is 0 Å². The molecule has 4 rings (SSSR count). The van der Waals surface area contributed by atoms with Crippen molar-refractivity contribution >= 4 is 40.0 Å². The largest absolute Gasteiger partial charge is 0.383 e. The van der Waals surface area contributed by atoms with E-state index >= 15 is 0 Å². The molecule has 0 aliphatic carbocycles. The van der Waals surface area contributed by atoms with Crippen LogP contribution in [-0.4, -0.2) is 26.3 Å². The molecule has 0 spiro atoms. The van der Waals surface area contributed by atoms with E-state index in [1.165, 1.54) is 6.33 Å². The number of hydrogen-bond acceptors (Lipinski definition) is 5. The van der Waals surface area contributed by atoms with E-state index in [0.29, 0.717) is 33.5 Å². The molecule has 162 valence electrons. The van der Waals surface area contributed by atoms with Gasteiger partial charge in [0.1, 0.15) is 17.8 Å². The Labute approximate surface area is 185 Å². The van der Waals surface area contributed by atoms with Gasteiger partial charge in [0.2, 0.25) is 0 Å². The highest BCUT2D eigenvalue weighted by molar-refractivity contribution is 6.18. The molecule has 0 unspecified atom stereocenters. The number of aromatic nitrogens is 3. The normalized spacial score (nSPS) is 11.0. The number of ketones is 1. The predicted octanol–water partition coefficient (Wildman–Crippen LogP) is 4.78. The average Bonchev–Trinajstić information content (AvgIpc) is 3.16. The van der Waals surface area contributed by atoms with E-state index in [-0.39, 0.29) is 17.6 Å². The van der Waals surface area contributed by atoms with E-state index in [9.17, 15) is 9.59 Å². The third-order valence-corrected chi connectivity index (χ3v) is 5.22. The van der Waals surface area contributed by atoms with Crippen molar-refractivity contribution in [3.63, 3.8) is 0 Å². The highest BCUT2D eigenvalue weighted by Crippen LogP contribution is 2.29. The molecule has 0 fully saturated rings. The number of aryl methyl sites for hydroxylation is 1. The molecule has 8 heteroatoms. The van der Waals surface area contributed by atoms with Crippen LogP contribution in [0.2, 0.25) is 0 Å². The zero-order valence-corrected chi connectivity index (χ0v) is 18.1. The van der Waals surface area contributed by atoms with Crippen molar-refractivity contribution in [1.82, 2.24) is 14.5 Å². The Morgan fingerprint density at radius 3 is 2.56 bits per heavy atom. The lowest BCUT2D eigenvalue weighted by molar-refractivity contribution is 0.104. The number of benzene rings is 2. The lowest BCUT2D eigenvalue weighted by atomic mass is 10.0. The molecule has 8 nitrogen and oxygen atoms in total. The fourth-order valence-corrected chi connectivity index (χ4v) is 3.57. The fraction of sp³-hybridized carbons (Fsp3) is 0.167. The average molecular weight is 428 g/mol. The summed E-state index contributed by atoms with van der Waals surface area (Å²) >= 11 is 0. The van der Waals surface area contributed by atoms with Crippen LogP contribution in [0.3, 0.4) is 0 Å². The third-order valence-electron chi connectivity index (χ3n) is 5.22. The van der Waals surface area contributed by atoms with Crippen LogP contribution in [0, 0.1) is 6.92 Å². The SMILES string of the molecule is Cc1ccccc1NC(=O)Nc1cccc(C(=O)c2cn(C(C)C)c3ncnc(N)c23)c1. The lowest BCUT2D eigenvalue weighted by Crippen LogP contribution is -2.20. The van der Waals surface area contributed by atoms with E-state index in [0.717, 1.165) is 5.56 Å². The smallest absolute Gasteiger partial charge is 0.323 e. The summed E-state index contributed by atoms with van der Waals surface area (Å²) < 4.78 is 1.90. The number of urea groups is 1. The maximum Gasteiger partial charge on any atom is 0.323 e. The Bertz CT molecular complexity index is 1330. The van der Waals surface area contributed by atoms with Crippen molar-refractivity contribution in [3.05, 3.63) is 77.7 Å². The zero-order chi connectivity index (χ0) is 22.8. The van der Waals surface area contributed by atoms with Crippen LogP contribution in [0.4, 0.5) is 22.0 Å². The summed E-state index contributed by atoms with van der Waals surface area (Å²) in [5.74, 6) is 0.0310. The van der Waals surface area contributed by atoms with Gasteiger partial charge in [-0.2, -0.15) is 0 Å². The van der Waals surface area contributed by atoms with E-state index in [1.54, 1.807) is 30.5 Å². The summed E-state index contributed by atoms with van der Waals surface area (Å²) in [6, 6.07) is 14.0. The Kier molecular flexibility index (Phi) is 5.59. The van der Waals surface area contributed by atoms with Gasteiger partial charge in [-0.15, -0.1) is 0 Å². The van der Waals surface area contributed by atoms with Crippen LogP contribution in [0.15, 0.2) is 61.1 Å². The number of anilines is 3. The van der Waals surface area contributed by atoms with E-state index in [1.807, 2.05) is 49.6 Å². The molecule has 32 heavy (non-hydrogen) atoms. The van der Waals surface area contributed by atoms with Gasteiger partial charge in [0.05, 0.1) is 10.9 Å². The maximum atomic E-state index is 13.4. The van der Waals surface area contributed by atoms with Gasteiger partial charge < -0.3 is 20.9 Å². The predicted molar refractivity (Wildman–Crippen MR) is 126 cm³/mol. The highest BCUT2D eigenvalue weighted by Gasteiger charge is 2.21. The van der Waals surface area contributed by atoms with Crippen molar-refractivity contribution < 1.29 is 9.59 Å². The Morgan fingerprint density at radius 1 is 1.03 bits per heavy atom. The first-order valence-electron chi connectivity index (χ1n) is 10.2. The summed E-state index contributed by atoms with van der Waals surface area (Å²) in [7, 11) is 0. The first kappa shape index (κ1) is 21.0. The molecular formula is C24H24N6O2. The molecule has 2 heterocycles. The highest BCUT2D eigenvalue weighted by atomic mass is 16.2. The molecule has 4 aromatic rings. The standard InChI is InChI=1S/C24H24N6O2/c1-14(2)30-12-18(20-22(25)26-13-27-23(20)30)21(31)16-8-6-9-17(11-16)28-24(32)29-19-10-5-4-7-15(19)3/h4-14H,1-3H3,(H2,25,26,27)(H2,28,29,32). The van der Waals surface area contributed by atoms with Gasteiger partial charge in [-0.1, -0.05) is 30.3 Å². The lowest BCUT2D eigenvalue weighted by Gasteiger charge is -2.10. The Balaban J connectivity index is 1.62. The second-order valence-corrected chi connectivity index (χ2v) is 7.81.